The summed E-state index contributed by atoms with van der Waals surface area (Å²) in [6, 6.07) is 11.1. The fourth-order valence-corrected chi connectivity index (χ4v) is 2.95. The summed E-state index contributed by atoms with van der Waals surface area (Å²) in [5, 5.41) is 3.83. The first-order chi connectivity index (χ1) is 14.1. The lowest BCUT2D eigenvalue weighted by molar-refractivity contribution is 0.324. The summed E-state index contributed by atoms with van der Waals surface area (Å²) in [7, 11) is 4.68. The molecule has 0 aliphatic heterocycles. The van der Waals surface area contributed by atoms with Gasteiger partial charge in [0.05, 0.1) is 21.3 Å². The van der Waals surface area contributed by atoms with Crippen LogP contribution in [0.25, 0.3) is 0 Å². The van der Waals surface area contributed by atoms with Gasteiger partial charge in [-0.25, -0.2) is 9.97 Å². The van der Waals surface area contributed by atoms with E-state index in [1.807, 2.05) is 36.1 Å². The molecule has 0 radical (unpaired) electrons. The maximum Gasteiger partial charge on any atom is 0.234 e. The van der Waals surface area contributed by atoms with Crippen molar-refractivity contribution in [3.63, 3.8) is 0 Å². The van der Waals surface area contributed by atoms with Gasteiger partial charge >= 0.3 is 0 Å². The van der Waals surface area contributed by atoms with Gasteiger partial charge < -0.3 is 24.4 Å². The minimum atomic E-state index is 0.386. The Hall–Kier alpha value is -3.26. The molecule has 3 aromatic rings. The van der Waals surface area contributed by atoms with Crippen LogP contribution in [-0.4, -0.2) is 42.8 Å². The Morgan fingerprint density at radius 2 is 1.62 bits per heavy atom. The van der Waals surface area contributed by atoms with Crippen LogP contribution in [-0.2, 0) is 0 Å². The molecule has 2 aromatic carbocycles. The zero-order chi connectivity index (χ0) is 20.8. The molecule has 0 unspecified atom stereocenters. The van der Waals surface area contributed by atoms with Crippen molar-refractivity contribution in [1.82, 2.24) is 15.0 Å². The zero-order valence-corrected chi connectivity index (χ0v) is 17.4. The Kier molecular flexibility index (Phi) is 6.56. The smallest absolute Gasteiger partial charge is 0.234 e. The van der Waals surface area contributed by atoms with Gasteiger partial charge in [0.1, 0.15) is 6.33 Å². The molecule has 3 rings (SSSR count). The van der Waals surface area contributed by atoms with Gasteiger partial charge in [-0.3, -0.25) is 0 Å². The third kappa shape index (κ3) is 4.60. The van der Waals surface area contributed by atoms with Crippen LogP contribution < -0.4 is 24.4 Å². The highest BCUT2D eigenvalue weighted by atomic mass is 35.5. The van der Waals surface area contributed by atoms with Gasteiger partial charge in [-0.1, -0.05) is 11.6 Å². The average molecular weight is 416 g/mol. The van der Waals surface area contributed by atoms with Gasteiger partial charge in [-0.2, -0.15) is 4.98 Å². The molecule has 0 saturated heterocycles. The van der Waals surface area contributed by atoms with Crippen molar-refractivity contribution < 1.29 is 14.2 Å². The third-order valence-electron chi connectivity index (χ3n) is 4.18. The Bertz CT molecular complexity index is 944. The standard InChI is InChI=1S/C20H22ClN5O3/c1-5-26(15-8-6-13(21)7-9-15)20-23-12-22-19(25-20)24-14-10-16(27-2)18(29-4)17(11-14)28-3/h6-12H,5H2,1-4H3,(H,22,23,24,25). The van der Waals surface area contributed by atoms with E-state index in [9.17, 15) is 0 Å². The molecule has 0 bridgehead atoms. The van der Waals surface area contributed by atoms with Crippen molar-refractivity contribution >= 4 is 34.9 Å². The maximum atomic E-state index is 5.99. The van der Waals surface area contributed by atoms with Gasteiger partial charge in [-0.05, 0) is 31.2 Å². The number of nitrogens with one attached hydrogen (secondary N) is 1. The lowest BCUT2D eigenvalue weighted by Gasteiger charge is -2.21. The molecule has 0 aliphatic carbocycles. The van der Waals surface area contributed by atoms with E-state index in [-0.39, 0.29) is 0 Å². The first-order valence-corrected chi connectivity index (χ1v) is 9.26. The van der Waals surface area contributed by atoms with Crippen molar-refractivity contribution in [2.24, 2.45) is 0 Å². The Labute approximate surface area is 174 Å². The summed E-state index contributed by atoms with van der Waals surface area (Å²) in [6.07, 6.45) is 1.46. The largest absolute Gasteiger partial charge is 0.493 e. The number of benzene rings is 2. The first-order valence-electron chi connectivity index (χ1n) is 8.88. The summed E-state index contributed by atoms with van der Waals surface area (Å²) >= 11 is 5.99. The number of anilines is 4. The monoisotopic (exact) mass is 415 g/mol. The number of methoxy groups -OCH3 is 3. The lowest BCUT2D eigenvalue weighted by Crippen LogP contribution is -2.19. The van der Waals surface area contributed by atoms with Crippen LogP contribution in [0.5, 0.6) is 17.2 Å². The Morgan fingerprint density at radius 3 is 2.17 bits per heavy atom. The normalized spacial score (nSPS) is 10.4. The van der Waals surface area contributed by atoms with Crippen molar-refractivity contribution in [3.8, 4) is 17.2 Å². The highest BCUT2D eigenvalue weighted by Crippen LogP contribution is 2.40. The second-order valence-electron chi connectivity index (χ2n) is 5.87. The molecule has 29 heavy (non-hydrogen) atoms. The minimum Gasteiger partial charge on any atom is -0.493 e. The van der Waals surface area contributed by atoms with Crippen molar-refractivity contribution in [1.29, 1.82) is 0 Å². The minimum absolute atomic E-state index is 0.386. The van der Waals surface area contributed by atoms with Crippen LogP contribution in [0.2, 0.25) is 5.02 Å². The number of nitrogens with zero attached hydrogens (tertiary/aromatic N) is 4. The number of ether oxygens (including phenoxy) is 3. The van der Waals surface area contributed by atoms with Gasteiger partial charge in [0.2, 0.25) is 17.6 Å². The van der Waals surface area contributed by atoms with E-state index in [4.69, 9.17) is 25.8 Å². The van der Waals surface area contributed by atoms with Crippen LogP contribution in [0.15, 0.2) is 42.7 Å². The van der Waals surface area contributed by atoms with E-state index in [2.05, 4.69) is 20.3 Å². The Morgan fingerprint density at radius 1 is 0.966 bits per heavy atom. The third-order valence-corrected chi connectivity index (χ3v) is 4.43. The molecule has 0 amide bonds. The Balaban J connectivity index is 1.91. The van der Waals surface area contributed by atoms with Gasteiger partial charge in [-0.15, -0.1) is 0 Å². The van der Waals surface area contributed by atoms with Gasteiger partial charge in [0, 0.05) is 35.1 Å². The van der Waals surface area contributed by atoms with E-state index < -0.39 is 0 Å². The number of hydrogen-bond donors (Lipinski definition) is 1. The molecule has 8 nitrogen and oxygen atoms in total. The number of rotatable bonds is 8. The summed E-state index contributed by atoms with van der Waals surface area (Å²) in [6.45, 7) is 2.69. The predicted octanol–water partition coefficient (Wildman–Crippen LogP) is 4.45. The van der Waals surface area contributed by atoms with Crippen LogP contribution >= 0.6 is 11.6 Å². The molecule has 1 heterocycles. The molecule has 0 aliphatic rings. The van der Waals surface area contributed by atoms with Crippen LogP contribution in [0.1, 0.15) is 6.92 Å². The summed E-state index contributed by atoms with van der Waals surface area (Å²) in [5.41, 5.74) is 1.62. The first kappa shape index (κ1) is 20.5. The fraction of sp³-hybridized carbons (Fsp3) is 0.250. The summed E-state index contributed by atoms with van der Waals surface area (Å²) < 4.78 is 16.1. The molecule has 1 N–H and O–H groups in total. The number of aromatic nitrogens is 3. The summed E-state index contributed by atoms with van der Waals surface area (Å²) in [4.78, 5) is 15.0. The van der Waals surface area contributed by atoms with Crippen molar-refractivity contribution in [2.45, 2.75) is 6.92 Å². The van der Waals surface area contributed by atoms with E-state index in [1.54, 1.807) is 33.5 Å². The average Bonchev–Trinajstić information content (AvgIpc) is 2.75. The maximum absolute atomic E-state index is 5.99. The quantitative estimate of drug-likeness (QED) is 0.577. The van der Waals surface area contributed by atoms with Crippen molar-refractivity contribution in [3.05, 3.63) is 47.7 Å². The lowest BCUT2D eigenvalue weighted by atomic mass is 10.2. The number of hydrogen-bond acceptors (Lipinski definition) is 8. The van der Waals surface area contributed by atoms with Crippen LogP contribution in [0, 0.1) is 0 Å². The van der Waals surface area contributed by atoms with E-state index in [0.29, 0.717) is 46.4 Å². The van der Waals surface area contributed by atoms with Crippen molar-refractivity contribution in [2.75, 3.05) is 38.1 Å². The second kappa shape index (κ2) is 9.29. The molecular weight excluding hydrogens is 394 g/mol. The predicted molar refractivity (Wildman–Crippen MR) is 113 cm³/mol. The SMILES string of the molecule is CCN(c1ccc(Cl)cc1)c1ncnc(Nc2cc(OC)c(OC)c(OC)c2)n1. The molecule has 1 aromatic heterocycles. The van der Waals surface area contributed by atoms with E-state index in [1.165, 1.54) is 6.33 Å². The van der Waals surface area contributed by atoms with Gasteiger partial charge in [0.25, 0.3) is 0 Å². The second-order valence-corrected chi connectivity index (χ2v) is 6.31. The zero-order valence-electron chi connectivity index (χ0n) is 16.6. The van der Waals surface area contributed by atoms with Crippen LogP contribution in [0.4, 0.5) is 23.3 Å². The molecule has 0 saturated carbocycles. The molecule has 0 fully saturated rings. The molecule has 0 atom stereocenters. The molecule has 152 valence electrons. The highest BCUT2D eigenvalue weighted by Gasteiger charge is 2.15. The highest BCUT2D eigenvalue weighted by molar-refractivity contribution is 6.30. The van der Waals surface area contributed by atoms with Gasteiger partial charge in [0.15, 0.2) is 11.5 Å². The molecular formula is C20H22ClN5O3. The topological polar surface area (TPSA) is 81.6 Å². The van der Waals surface area contributed by atoms with Crippen LogP contribution in [0.3, 0.4) is 0 Å². The summed E-state index contributed by atoms with van der Waals surface area (Å²) in [5.74, 6) is 2.47. The molecule has 0 spiro atoms. The van der Waals surface area contributed by atoms with E-state index >= 15 is 0 Å². The molecule has 9 heteroatoms. The van der Waals surface area contributed by atoms with E-state index in [0.717, 1.165) is 5.69 Å². The fourth-order valence-electron chi connectivity index (χ4n) is 2.82. The number of halogens is 1.